The van der Waals surface area contributed by atoms with Crippen LogP contribution in [0, 0.1) is 0 Å². The first-order chi connectivity index (χ1) is 10.9. The molecule has 2 aromatic heterocycles. The first-order valence-corrected chi connectivity index (χ1v) is 8.85. The Balaban J connectivity index is 1.48. The second kappa shape index (κ2) is 6.40. The number of hydrogen-bond donors (Lipinski definition) is 0. The van der Waals surface area contributed by atoms with Crippen molar-refractivity contribution in [1.29, 1.82) is 0 Å². The van der Waals surface area contributed by atoms with Gasteiger partial charge in [0.15, 0.2) is 10.8 Å². The number of ether oxygens (including phenoxy) is 1. The molecule has 1 saturated carbocycles. The molecule has 22 heavy (non-hydrogen) atoms. The van der Waals surface area contributed by atoms with Gasteiger partial charge in [0.1, 0.15) is 0 Å². The highest BCUT2D eigenvalue weighted by molar-refractivity contribution is 7.13. The Morgan fingerprint density at radius 3 is 3.00 bits per heavy atom. The van der Waals surface area contributed by atoms with Crippen LogP contribution in [0.25, 0.3) is 10.8 Å². The predicted octanol–water partition coefficient (Wildman–Crippen LogP) is 2.74. The molecule has 2 atom stereocenters. The number of morpholine rings is 1. The second-order valence-corrected chi connectivity index (χ2v) is 6.81. The van der Waals surface area contributed by atoms with E-state index >= 15 is 0 Å². The zero-order valence-electron chi connectivity index (χ0n) is 12.5. The number of nitrogens with zero attached hydrogens (tertiary/aromatic N) is 4. The van der Waals surface area contributed by atoms with Gasteiger partial charge in [-0.15, -0.1) is 11.3 Å². The lowest BCUT2D eigenvalue weighted by Crippen LogP contribution is -2.52. The van der Waals surface area contributed by atoms with Crippen molar-refractivity contribution in [2.24, 2.45) is 0 Å². The Morgan fingerprint density at radius 1 is 1.23 bits per heavy atom. The van der Waals surface area contributed by atoms with Crippen molar-refractivity contribution in [1.82, 2.24) is 19.9 Å². The Bertz CT molecular complexity index is 616. The second-order valence-electron chi connectivity index (χ2n) is 5.95. The zero-order valence-corrected chi connectivity index (χ0v) is 13.3. The molecular weight excluding hydrogens is 296 g/mol. The molecule has 0 unspecified atom stereocenters. The summed E-state index contributed by atoms with van der Waals surface area (Å²) in [5.74, 6) is 0.719. The van der Waals surface area contributed by atoms with Crippen LogP contribution in [0.1, 0.15) is 31.4 Å². The summed E-state index contributed by atoms with van der Waals surface area (Å²) in [7, 11) is 0. The Hall–Kier alpha value is -1.37. The van der Waals surface area contributed by atoms with E-state index in [-0.39, 0.29) is 0 Å². The summed E-state index contributed by atoms with van der Waals surface area (Å²) >= 11 is 1.63. The van der Waals surface area contributed by atoms with Crippen molar-refractivity contribution < 1.29 is 4.74 Å². The molecule has 0 radical (unpaired) electrons. The van der Waals surface area contributed by atoms with Crippen molar-refractivity contribution in [3.63, 3.8) is 0 Å². The van der Waals surface area contributed by atoms with E-state index in [9.17, 15) is 0 Å². The minimum atomic E-state index is 0.429. The number of hydrogen-bond acceptors (Lipinski definition) is 6. The van der Waals surface area contributed by atoms with Gasteiger partial charge in [0.2, 0.25) is 0 Å². The third-order valence-electron chi connectivity index (χ3n) is 4.52. The van der Waals surface area contributed by atoms with Gasteiger partial charge >= 0.3 is 0 Å². The highest BCUT2D eigenvalue weighted by Gasteiger charge is 2.34. The lowest BCUT2D eigenvalue weighted by atomic mass is 9.90. The largest absolute Gasteiger partial charge is 0.375 e. The van der Waals surface area contributed by atoms with E-state index < -0.39 is 0 Å². The first kappa shape index (κ1) is 14.2. The maximum Gasteiger partial charge on any atom is 0.188 e. The molecular formula is C16H20N4OS. The minimum absolute atomic E-state index is 0.429. The molecule has 0 aromatic carbocycles. The Kier molecular flexibility index (Phi) is 4.14. The molecule has 2 aliphatic rings. The van der Waals surface area contributed by atoms with E-state index in [4.69, 9.17) is 9.72 Å². The Labute approximate surface area is 134 Å². The summed E-state index contributed by atoms with van der Waals surface area (Å²) < 4.78 is 5.94. The molecule has 0 amide bonds. The van der Waals surface area contributed by atoms with Gasteiger partial charge in [-0.1, -0.05) is 12.8 Å². The standard InChI is InChI=1S/C16H20N4OS/c1-2-5-14-13(4-1)20(8-9-21-14)10-12-11-22-16(19-12)15-17-6-3-7-18-15/h3,6-7,11,13-14H,1-2,4-5,8-10H2/t13-,14-/m1/s1. The predicted molar refractivity (Wildman–Crippen MR) is 85.5 cm³/mol. The van der Waals surface area contributed by atoms with Crippen LogP contribution in [0.4, 0.5) is 0 Å². The van der Waals surface area contributed by atoms with Crippen LogP contribution >= 0.6 is 11.3 Å². The van der Waals surface area contributed by atoms with E-state index in [0.717, 1.165) is 36.2 Å². The highest BCUT2D eigenvalue weighted by Crippen LogP contribution is 2.30. The quantitative estimate of drug-likeness (QED) is 0.871. The van der Waals surface area contributed by atoms with Gasteiger partial charge in [-0.05, 0) is 18.9 Å². The molecule has 5 nitrogen and oxygen atoms in total. The summed E-state index contributed by atoms with van der Waals surface area (Å²) in [5, 5.41) is 3.04. The van der Waals surface area contributed by atoms with Crippen LogP contribution in [-0.2, 0) is 11.3 Å². The van der Waals surface area contributed by atoms with Crippen molar-refractivity contribution in [2.45, 2.75) is 44.4 Å². The molecule has 2 fully saturated rings. The number of rotatable bonds is 3. The summed E-state index contributed by atoms with van der Waals surface area (Å²) in [6.45, 7) is 2.77. The third-order valence-corrected chi connectivity index (χ3v) is 5.41. The van der Waals surface area contributed by atoms with Crippen LogP contribution < -0.4 is 0 Å². The van der Waals surface area contributed by atoms with Crippen LogP contribution in [0.2, 0.25) is 0 Å². The van der Waals surface area contributed by atoms with Gasteiger partial charge in [-0.25, -0.2) is 15.0 Å². The maximum atomic E-state index is 5.94. The highest BCUT2D eigenvalue weighted by atomic mass is 32.1. The molecule has 6 heteroatoms. The molecule has 0 N–H and O–H groups in total. The van der Waals surface area contributed by atoms with Gasteiger partial charge in [0.25, 0.3) is 0 Å². The zero-order chi connectivity index (χ0) is 14.8. The lowest BCUT2D eigenvalue weighted by molar-refractivity contribution is -0.0914. The summed E-state index contributed by atoms with van der Waals surface area (Å²) in [5.41, 5.74) is 1.12. The average molecular weight is 316 g/mol. The monoisotopic (exact) mass is 316 g/mol. The van der Waals surface area contributed by atoms with Crippen LogP contribution in [0.15, 0.2) is 23.8 Å². The molecule has 0 bridgehead atoms. The topological polar surface area (TPSA) is 51.1 Å². The van der Waals surface area contributed by atoms with Crippen molar-refractivity contribution in [3.8, 4) is 10.8 Å². The number of thiazole rings is 1. The van der Waals surface area contributed by atoms with Gasteiger partial charge in [0, 0.05) is 36.9 Å². The maximum absolute atomic E-state index is 5.94. The fourth-order valence-electron chi connectivity index (χ4n) is 3.47. The number of fused-ring (bicyclic) bond motifs is 1. The normalized spacial score (nSPS) is 25.8. The molecule has 4 rings (SSSR count). The van der Waals surface area contributed by atoms with Gasteiger partial charge < -0.3 is 4.74 Å². The smallest absolute Gasteiger partial charge is 0.188 e. The Morgan fingerprint density at radius 2 is 2.09 bits per heavy atom. The van der Waals surface area contributed by atoms with E-state index in [2.05, 4.69) is 20.2 Å². The summed E-state index contributed by atoms with van der Waals surface area (Å²) in [6.07, 6.45) is 9.04. The van der Waals surface area contributed by atoms with Crippen LogP contribution in [0.3, 0.4) is 0 Å². The molecule has 1 aliphatic carbocycles. The molecule has 2 aromatic rings. The first-order valence-electron chi connectivity index (χ1n) is 7.97. The fourth-order valence-corrected chi connectivity index (χ4v) is 4.23. The molecule has 3 heterocycles. The van der Waals surface area contributed by atoms with E-state index in [1.54, 1.807) is 23.7 Å². The minimum Gasteiger partial charge on any atom is -0.375 e. The molecule has 1 aliphatic heterocycles. The summed E-state index contributed by atoms with van der Waals surface area (Å²) in [6, 6.07) is 2.40. The molecule has 1 saturated heterocycles. The van der Waals surface area contributed by atoms with Gasteiger partial charge in [0.05, 0.1) is 18.4 Å². The third kappa shape index (κ3) is 2.91. The number of aromatic nitrogens is 3. The lowest BCUT2D eigenvalue weighted by Gasteiger charge is -2.43. The molecule has 116 valence electrons. The van der Waals surface area contributed by atoms with E-state index in [1.165, 1.54) is 25.7 Å². The SMILES string of the molecule is c1cnc(-c2nc(CN3CCO[C@@H]4CCCC[C@H]43)cs2)nc1. The van der Waals surface area contributed by atoms with E-state index in [0.29, 0.717) is 12.1 Å². The van der Waals surface area contributed by atoms with Crippen molar-refractivity contribution in [3.05, 3.63) is 29.5 Å². The van der Waals surface area contributed by atoms with Gasteiger partial charge in [-0.2, -0.15) is 0 Å². The van der Waals surface area contributed by atoms with Crippen LogP contribution in [0.5, 0.6) is 0 Å². The summed E-state index contributed by atoms with van der Waals surface area (Å²) in [4.78, 5) is 15.8. The van der Waals surface area contributed by atoms with Crippen molar-refractivity contribution >= 4 is 11.3 Å². The van der Waals surface area contributed by atoms with Crippen LogP contribution in [-0.4, -0.2) is 45.1 Å². The fraction of sp³-hybridized carbons (Fsp3) is 0.562. The molecule has 0 spiro atoms. The van der Waals surface area contributed by atoms with Gasteiger partial charge in [-0.3, -0.25) is 4.90 Å². The van der Waals surface area contributed by atoms with Crippen molar-refractivity contribution in [2.75, 3.05) is 13.2 Å². The van der Waals surface area contributed by atoms with E-state index in [1.807, 2.05) is 6.07 Å². The average Bonchev–Trinajstić information content (AvgIpc) is 3.05.